The first kappa shape index (κ1) is 16.9. The summed E-state index contributed by atoms with van der Waals surface area (Å²) in [6.07, 6.45) is 0.755. The van der Waals surface area contributed by atoms with E-state index >= 15 is 0 Å². The van der Waals surface area contributed by atoms with Crippen LogP contribution in [-0.4, -0.2) is 35.2 Å². The van der Waals surface area contributed by atoms with E-state index in [1.807, 2.05) is 7.05 Å². The molecule has 0 heterocycles. The third-order valence-corrected chi connectivity index (χ3v) is 4.09. The van der Waals surface area contributed by atoms with Crippen molar-refractivity contribution >= 4 is 10.0 Å². The van der Waals surface area contributed by atoms with Gasteiger partial charge in [-0.25, -0.2) is 13.1 Å². The molecular weight excluding hydrogens is 276 g/mol. The van der Waals surface area contributed by atoms with E-state index in [4.69, 9.17) is 4.74 Å². The Morgan fingerprint density at radius 1 is 1.15 bits per heavy atom. The van der Waals surface area contributed by atoms with Gasteiger partial charge in [-0.3, -0.25) is 0 Å². The minimum absolute atomic E-state index is 0.263. The van der Waals surface area contributed by atoms with E-state index in [1.54, 1.807) is 24.3 Å². The van der Waals surface area contributed by atoms with Crippen molar-refractivity contribution in [3.05, 3.63) is 24.3 Å². The maximum absolute atomic E-state index is 12.0. The zero-order chi connectivity index (χ0) is 15.0. The van der Waals surface area contributed by atoms with E-state index in [0.717, 1.165) is 13.0 Å². The highest BCUT2D eigenvalue weighted by Crippen LogP contribution is 2.16. The van der Waals surface area contributed by atoms with Crippen molar-refractivity contribution in [1.29, 1.82) is 0 Å². The Morgan fingerprint density at radius 3 is 2.35 bits per heavy atom. The van der Waals surface area contributed by atoms with Crippen molar-refractivity contribution in [2.45, 2.75) is 25.2 Å². The van der Waals surface area contributed by atoms with Crippen molar-refractivity contribution in [1.82, 2.24) is 10.0 Å². The Morgan fingerprint density at radius 2 is 1.80 bits per heavy atom. The summed E-state index contributed by atoms with van der Waals surface area (Å²) in [5, 5.41) is 2.97. The molecule has 0 aliphatic carbocycles. The predicted octanol–water partition coefficient (Wildman–Crippen LogP) is 1.61. The summed E-state index contributed by atoms with van der Waals surface area (Å²) >= 11 is 0. The van der Waals surface area contributed by atoms with Gasteiger partial charge in [0.05, 0.1) is 11.5 Å². The summed E-state index contributed by atoms with van der Waals surface area (Å²) in [5.74, 6) is 1.13. The number of hydrogen-bond acceptors (Lipinski definition) is 4. The fourth-order valence-electron chi connectivity index (χ4n) is 1.53. The van der Waals surface area contributed by atoms with Crippen molar-refractivity contribution < 1.29 is 13.2 Å². The molecule has 1 aromatic rings. The van der Waals surface area contributed by atoms with Gasteiger partial charge in [-0.1, -0.05) is 13.8 Å². The third-order valence-electron chi connectivity index (χ3n) is 2.61. The van der Waals surface area contributed by atoms with Crippen LogP contribution in [0.5, 0.6) is 5.75 Å². The van der Waals surface area contributed by atoms with Gasteiger partial charge in [-0.05, 0) is 50.2 Å². The zero-order valence-electron chi connectivity index (χ0n) is 12.3. The summed E-state index contributed by atoms with van der Waals surface area (Å²) < 4.78 is 32.1. The Labute approximate surface area is 121 Å². The molecule has 0 saturated carbocycles. The van der Waals surface area contributed by atoms with Gasteiger partial charge in [-0.15, -0.1) is 0 Å². The molecule has 0 aliphatic rings. The molecule has 1 aromatic carbocycles. The Hall–Kier alpha value is -1.11. The summed E-state index contributed by atoms with van der Waals surface area (Å²) in [4.78, 5) is 0.263. The number of benzene rings is 1. The van der Waals surface area contributed by atoms with Gasteiger partial charge in [-0.2, -0.15) is 0 Å². The van der Waals surface area contributed by atoms with Gasteiger partial charge in [0.1, 0.15) is 5.75 Å². The van der Waals surface area contributed by atoms with Crippen LogP contribution in [0.15, 0.2) is 29.2 Å². The van der Waals surface area contributed by atoms with E-state index in [1.165, 1.54) is 0 Å². The van der Waals surface area contributed by atoms with Crippen molar-refractivity contribution in [3.8, 4) is 5.75 Å². The lowest BCUT2D eigenvalue weighted by atomic mass is 10.2. The van der Waals surface area contributed by atoms with Crippen molar-refractivity contribution in [2.75, 3.05) is 26.7 Å². The normalized spacial score (nSPS) is 11.8. The van der Waals surface area contributed by atoms with Gasteiger partial charge in [0.25, 0.3) is 0 Å². The molecule has 20 heavy (non-hydrogen) atoms. The standard InChI is InChI=1S/C14H24N2O3S/c1-12(2)11-19-13-5-7-14(8-6-13)20(17,18)16-10-4-9-15-3/h5-8,12,15-16H,4,9-11H2,1-3H3. The highest BCUT2D eigenvalue weighted by molar-refractivity contribution is 7.89. The fraction of sp³-hybridized carbons (Fsp3) is 0.571. The lowest BCUT2D eigenvalue weighted by molar-refractivity contribution is 0.271. The second kappa shape index (κ2) is 8.24. The van der Waals surface area contributed by atoms with Crippen LogP contribution in [0.4, 0.5) is 0 Å². The quantitative estimate of drug-likeness (QED) is 0.680. The van der Waals surface area contributed by atoms with Crippen LogP contribution in [0.3, 0.4) is 0 Å². The summed E-state index contributed by atoms with van der Waals surface area (Å²) in [6.45, 7) is 5.95. The topological polar surface area (TPSA) is 67.4 Å². The van der Waals surface area contributed by atoms with Crippen LogP contribution in [0.1, 0.15) is 20.3 Å². The Kier molecular flexibility index (Phi) is 6.98. The average Bonchev–Trinajstić information content (AvgIpc) is 2.42. The first-order valence-electron chi connectivity index (χ1n) is 6.83. The SMILES string of the molecule is CNCCCNS(=O)(=O)c1ccc(OCC(C)C)cc1. The number of ether oxygens (including phenoxy) is 1. The van der Waals surface area contributed by atoms with Crippen LogP contribution in [-0.2, 0) is 10.0 Å². The Bertz CT molecular complexity index is 484. The molecule has 114 valence electrons. The summed E-state index contributed by atoms with van der Waals surface area (Å²) in [5.41, 5.74) is 0. The lowest BCUT2D eigenvalue weighted by Crippen LogP contribution is -2.26. The summed E-state index contributed by atoms with van der Waals surface area (Å²) in [6, 6.07) is 6.50. The molecule has 6 heteroatoms. The van der Waals surface area contributed by atoms with E-state index in [-0.39, 0.29) is 4.90 Å². The second-order valence-electron chi connectivity index (χ2n) is 5.03. The van der Waals surface area contributed by atoms with Gasteiger partial charge in [0, 0.05) is 6.54 Å². The van der Waals surface area contributed by atoms with E-state index in [9.17, 15) is 8.42 Å². The van der Waals surface area contributed by atoms with Gasteiger partial charge >= 0.3 is 0 Å². The van der Waals surface area contributed by atoms with Crippen LogP contribution < -0.4 is 14.8 Å². The predicted molar refractivity (Wildman–Crippen MR) is 80.5 cm³/mol. The van der Waals surface area contributed by atoms with Gasteiger partial charge < -0.3 is 10.1 Å². The molecule has 0 saturated heterocycles. The first-order valence-corrected chi connectivity index (χ1v) is 8.31. The van der Waals surface area contributed by atoms with Crippen molar-refractivity contribution in [3.63, 3.8) is 0 Å². The molecule has 0 fully saturated rings. The molecule has 1 rings (SSSR count). The number of nitrogens with one attached hydrogen (secondary N) is 2. The third kappa shape index (κ3) is 5.90. The molecule has 2 N–H and O–H groups in total. The second-order valence-corrected chi connectivity index (χ2v) is 6.80. The molecule has 0 aliphatic heterocycles. The highest BCUT2D eigenvalue weighted by atomic mass is 32.2. The number of sulfonamides is 1. The first-order chi connectivity index (χ1) is 9.45. The summed E-state index contributed by atoms with van der Waals surface area (Å²) in [7, 11) is -1.58. The maximum atomic E-state index is 12.0. The zero-order valence-corrected chi connectivity index (χ0v) is 13.2. The molecule has 0 spiro atoms. The number of rotatable bonds is 9. The number of hydrogen-bond donors (Lipinski definition) is 2. The molecule has 0 amide bonds. The molecule has 0 aromatic heterocycles. The minimum Gasteiger partial charge on any atom is -0.493 e. The van der Waals surface area contributed by atoms with Crippen LogP contribution in [0, 0.1) is 5.92 Å². The molecular formula is C14H24N2O3S. The molecule has 5 nitrogen and oxygen atoms in total. The van der Waals surface area contributed by atoms with Crippen molar-refractivity contribution in [2.24, 2.45) is 5.92 Å². The minimum atomic E-state index is -3.42. The van der Waals surface area contributed by atoms with Gasteiger partial charge in [0.15, 0.2) is 0 Å². The fourth-order valence-corrected chi connectivity index (χ4v) is 2.61. The van der Waals surface area contributed by atoms with E-state index < -0.39 is 10.0 Å². The van der Waals surface area contributed by atoms with Gasteiger partial charge in [0.2, 0.25) is 10.0 Å². The highest BCUT2D eigenvalue weighted by Gasteiger charge is 2.12. The molecule has 0 atom stereocenters. The molecule has 0 bridgehead atoms. The van der Waals surface area contributed by atoms with Crippen LogP contribution in [0.25, 0.3) is 0 Å². The maximum Gasteiger partial charge on any atom is 0.240 e. The Balaban J connectivity index is 2.57. The van der Waals surface area contributed by atoms with E-state index in [2.05, 4.69) is 23.9 Å². The van der Waals surface area contributed by atoms with Crippen LogP contribution in [0.2, 0.25) is 0 Å². The lowest BCUT2D eigenvalue weighted by Gasteiger charge is -2.10. The largest absolute Gasteiger partial charge is 0.493 e. The monoisotopic (exact) mass is 300 g/mol. The average molecular weight is 300 g/mol. The molecule has 0 unspecified atom stereocenters. The smallest absolute Gasteiger partial charge is 0.240 e. The van der Waals surface area contributed by atoms with E-state index in [0.29, 0.717) is 24.8 Å². The van der Waals surface area contributed by atoms with Crippen LogP contribution >= 0.6 is 0 Å². The molecule has 0 radical (unpaired) electrons.